The molecule has 1 aromatic carbocycles. The molecule has 2 aromatic rings. The molecule has 2 fully saturated rings. The van der Waals surface area contributed by atoms with Crippen LogP contribution in [0.5, 0.6) is 0 Å². The molecular formula is C32H43N5O4. The van der Waals surface area contributed by atoms with Gasteiger partial charge in [0, 0.05) is 17.3 Å². The van der Waals surface area contributed by atoms with Crippen molar-refractivity contribution in [3.63, 3.8) is 0 Å². The number of aromatic nitrogens is 2. The number of rotatable bonds is 3. The Morgan fingerprint density at radius 1 is 0.976 bits per heavy atom. The van der Waals surface area contributed by atoms with E-state index in [0.717, 1.165) is 62.5 Å². The molecule has 3 heterocycles. The van der Waals surface area contributed by atoms with Crippen molar-refractivity contribution >= 4 is 23.6 Å². The maximum absolute atomic E-state index is 13.9. The number of allylic oxidation sites excluding steroid dienone is 1. The van der Waals surface area contributed by atoms with Crippen molar-refractivity contribution in [3.05, 3.63) is 42.7 Å². The van der Waals surface area contributed by atoms with Crippen molar-refractivity contribution in [2.45, 2.75) is 108 Å². The third kappa shape index (κ3) is 6.01. The third-order valence-electron chi connectivity index (χ3n) is 9.14. The molecule has 1 spiro atoms. The molecule has 2 aliphatic carbocycles. The molecule has 1 N–H and O–H groups in total. The fourth-order valence-corrected chi connectivity index (χ4v) is 6.73. The van der Waals surface area contributed by atoms with Gasteiger partial charge in [0.1, 0.15) is 0 Å². The van der Waals surface area contributed by atoms with Gasteiger partial charge in [-0.3, -0.25) is 19.8 Å². The maximum Gasteiger partial charge on any atom is 0.416 e. The number of anilines is 2. The Bertz CT molecular complexity index is 1290. The SMILES string of the molecule is COC(=O)N1c2ccc(-c3cnn(C4CC4)c3)cc2N(C(=O)OC2CCCC3(C/C=C\CCCCCC3)N2)C[C@@H]1C. The van der Waals surface area contributed by atoms with E-state index in [1.165, 1.54) is 32.8 Å². The minimum absolute atomic E-state index is 0.0271. The molecule has 9 nitrogen and oxygen atoms in total. The summed E-state index contributed by atoms with van der Waals surface area (Å²) in [7, 11) is 1.38. The Morgan fingerprint density at radius 3 is 2.63 bits per heavy atom. The minimum atomic E-state index is -0.444. The molecule has 2 unspecified atom stereocenters. The molecule has 1 aromatic heterocycles. The lowest BCUT2D eigenvalue weighted by molar-refractivity contribution is 0.0226. The van der Waals surface area contributed by atoms with Crippen LogP contribution in [0.3, 0.4) is 0 Å². The van der Waals surface area contributed by atoms with Crippen molar-refractivity contribution in [2.75, 3.05) is 23.5 Å². The first-order valence-corrected chi connectivity index (χ1v) is 15.4. The van der Waals surface area contributed by atoms with Crippen LogP contribution in [0, 0.1) is 0 Å². The molecule has 0 bridgehead atoms. The molecule has 2 amide bonds. The van der Waals surface area contributed by atoms with Gasteiger partial charge in [-0.2, -0.15) is 5.10 Å². The first kappa shape index (κ1) is 27.8. The van der Waals surface area contributed by atoms with E-state index < -0.39 is 12.2 Å². The van der Waals surface area contributed by atoms with Crippen LogP contribution in [0.25, 0.3) is 11.1 Å². The van der Waals surface area contributed by atoms with Gasteiger partial charge in [0.2, 0.25) is 0 Å². The van der Waals surface area contributed by atoms with Crippen molar-refractivity contribution in [3.8, 4) is 11.1 Å². The van der Waals surface area contributed by atoms with Crippen LogP contribution in [-0.2, 0) is 9.47 Å². The topological polar surface area (TPSA) is 88.9 Å². The zero-order chi connectivity index (χ0) is 28.4. The summed E-state index contributed by atoms with van der Waals surface area (Å²) in [5.41, 5.74) is 3.17. The Balaban J connectivity index is 1.25. The first-order valence-electron chi connectivity index (χ1n) is 15.4. The largest absolute Gasteiger partial charge is 0.452 e. The number of nitrogens with zero attached hydrogens (tertiary/aromatic N) is 4. The van der Waals surface area contributed by atoms with Gasteiger partial charge in [-0.15, -0.1) is 0 Å². The molecule has 0 radical (unpaired) electrons. The van der Waals surface area contributed by atoms with E-state index >= 15 is 0 Å². The number of carbonyl (C=O) groups is 2. The summed E-state index contributed by atoms with van der Waals surface area (Å²) in [6, 6.07) is 6.04. The number of hydrogen-bond donors (Lipinski definition) is 1. The monoisotopic (exact) mass is 561 g/mol. The first-order chi connectivity index (χ1) is 20.0. The summed E-state index contributed by atoms with van der Waals surface area (Å²) in [4.78, 5) is 30.0. The highest BCUT2D eigenvalue weighted by molar-refractivity contribution is 6.01. The van der Waals surface area contributed by atoms with Crippen LogP contribution >= 0.6 is 0 Å². The van der Waals surface area contributed by atoms with Crippen LogP contribution in [0.4, 0.5) is 21.0 Å². The van der Waals surface area contributed by atoms with Gasteiger partial charge >= 0.3 is 12.2 Å². The van der Waals surface area contributed by atoms with Crippen LogP contribution < -0.4 is 15.1 Å². The second-order valence-corrected chi connectivity index (χ2v) is 12.3. The number of carbonyl (C=O) groups excluding carboxylic acids is 2. The van der Waals surface area contributed by atoms with Crippen molar-refractivity contribution < 1.29 is 19.1 Å². The standard InChI is InChI=1S/C32H43N5O4/c1-23-21-35(30(38)41-29-11-10-18-32(34-29)16-8-6-4-3-5-7-9-17-32)28-19-24(12-15-27(28)37(23)31(39)40-2)25-20-33-36(22-25)26-13-14-26/h6,8,12,15,19-20,22-23,26,29,34H,3-5,7,9-11,13-14,16-18,21H2,1-2H3/b8-6-/t23-,29?,32?/m0/s1. The third-order valence-corrected chi connectivity index (χ3v) is 9.14. The molecule has 41 heavy (non-hydrogen) atoms. The van der Waals surface area contributed by atoms with E-state index in [1.54, 1.807) is 9.80 Å². The summed E-state index contributed by atoms with van der Waals surface area (Å²) >= 11 is 0. The number of nitrogens with one attached hydrogen (secondary N) is 1. The van der Waals surface area contributed by atoms with Crippen LogP contribution in [0.2, 0.25) is 0 Å². The van der Waals surface area contributed by atoms with Gasteiger partial charge in [-0.05, 0) is 82.4 Å². The number of amides is 2. The maximum atomic E-state index is 13.9. The highest BCUT2D eigenvalue weighted by atomic mass is 16.6. The lowest BCUT2D eigenvalue weighted by Gasteiger charge is -2.43. The Labute approximate surface area is 242 Å². The molecule has 2 aliphatic heterocycles. The van der Waals surface area contributed by atoms with Crippen LogP contribution in [-0.4, -0.2) is 53.4 Å². The fourth-order valence-electron chi connectivity index (χ4n) is 6.73. The van der Waals surface area contributed by atoms with Gasteiger partial charge in [0.15, 0.2) is 6.23 Å². The highest BCUT2D eigenvalue weighted by Gasteiger charge is 2.40. The Hall–Kier alpha value is -3.33. The van der Waals surface area contributed by atoms with E-state index in [9.17, 15) is 9.59 Å². The lowest BCUT2D eigenvalue weighted by atomic mass is 9.80. The number of benzene rings is 1. The number of methoxy groups -OCH3 is 1. The average Bonchev–Trinajstić information content (AvgIpc) is 3.71. The summed E-state index contributed by atoms with van der Waals surface area (Å²) in [6.07, 6.45) is 20.8. The zero-order valence-corrected chi connectivity index (χ0v) is 24.4. The van der Waals surface area contributed by atoms with Crippen LogP contribution in [0.1, 0.15) is 90.0 Å². The Morgan fingerprint density at radius 2 is 1.80 bits per heavy atom. The van der Waals surface area contributed by atoms with Crippen molar-refractivity contribution in [2.24, 2.45) is 0 Å². The second kappa shape index (κ2) is 11.9. The summed E-state index contributed by atoms with van der Waals surface area (Å²) in [5, 5.41) is 8.31. The van der Waals surface area contributed by atoms with Gasteiger partial charge in [0.25, 0.3) is 0 Å². The van der Waals surface area contributed by atoms with E-state index in [4.69, 9.17) is 9.47 Å². The zero-order valence-electron chi connectivity index (χ0n) is 24.4. The van der Waals surface area contributed by atoms with Crippen molar-refractivity contribution in [1.29, 1.82) is 0 Å². The van der Waals surface area contributed by atoms with E-state index in [2.05, 4.69) is 28.8 Å². The molecule has 9 heteroatoms. The lowest BCUT2D eigenvalue weighted by Crippen LogP contribution is -2.57. The van der Waals surface area contributed by atoms with Gasteiger partial charge in [0.05, 0.1) is 43.3 Å². The number of ether oxygens (including phenoxy) is 2. The number of hydrogen-bond acceptors (Lipinski definition) is 6. The molecule has 6 rings (SSSR count). The second-order valence-electron chi connectivity index (χ2n) is 12.3. The smallest absolute Gasteiger partial charge is 0.416 e. The molecule has 1 saturated heterocycles. The van der Waals surface area contributed by atoms with Gasteiger partial charge in [-0.1, -0.05) is 37.5 Å². The molecule has 3 atom stereocenters. The molecule has 4 aliphatic rings. The Kier molecular flexibility index (Phi) is 8.06. The van der Waals surface area contributed by atoms with Gasteiger partial charge in [-0.25, -0.2) is 9.59 Å². The predicted molar refractivity (Wildman–Crippen MR) is 159 cm³/mol. The predicted octanol–water partition coefficient (Wildman–Crippen LogP) is 6.94. The summed E-state index contributed by atoms with van der Waals surface area (Å²) in [5.74, 6) is 0. The summed E-state index contributed by atoms with van der Waals surface area (Å²) < 4.78 is 13.3. The van der Waals surface area contributed by atoms with Crippen LogP contribution in [0.15, 0.2) is 42.7 Å². The molecular weight excluding hydrogens is 518 g/mol. The van der Waals surface area contributed by atoms with Gasteiger partial charge < -0.3 is 9.47 Å². The number of piperidine rings is 1. The highest BCUT2D eigenvalue weighted by Crippen LogP contribution is 2.41. The average molecular weight is 562 g/mol. The quantitative estimate of drug-likeness (QED) is 0.408. The summed E-state index contributed by atoms with van der Waals surface area (Å²) in [6.45, 7) is 2.24. The normalized spacial score (nSPS) is 27.7. The number of fused-ring (bicyclic) bond motifs is 1. The van der Waals surface area contributed by atoms with E-state index in [-0.39, 0.29) is 17.8 Å². The fraction of sp³-hybridized carbons (Fsp3) is 0.594. The van der Waals surface area contributed by atoms with Crippen molar-refractivity contribution in [1.82, 2.24) is 15.1 Å². The molecule has 220 valence electrons. The molecule has 1 saturated carbocycles. The van der Waals surface area contributed by atoms with E-state index in [0.29, 0.717) is 24.0 Å². The van der Waals surface area contributed by atoms with E-state index in [1.807, 2.05) is 36.0 Å². The minimum Gasteiger partial charge on any atom is -0.452 e.